The molecule has 0 heteroatoms. The molecule has 0 rings (SSSR count). The molecule has 49 valence electrons. The largest absolute Gasteiger partial charge is 0.103 e. The zero-order chi connectivity index (χ0) is 7.11. The van der Waals surface area contributed by atoms with E-state index in [2.05, 4.69) is 13.2 Å². The lowest BCUT2D eigenvalue weighted by atomic mass is 10.0. The van der Waals surface area contributed by atoms with E-state index >= 15 is 0 Å². The van der Waals surface area contributed by atoms with Crippen LogP contribution in [-0.2, 0) is 0 Å². The molecule has 0 N–H and O–H groups in total. The molecule has 0 saturated carbocycles. The second kappa shape index (κ2) is 5.36. The van der Waals surface area contributed by atoms with Crippen molar-refractivity contribution in [1.82, 2.24) is 0 Å². The van der Waals surface area contributed by atoms with Gasteiger partial charge in [0.25, 0.3) is 0 Å². The molecule has 0 spiro atoms. The van der Waals surface area contributed by atoms with Gasteiger partial charge in [-0.25, -0.2) is 0 Å². The molecule has 0 amide bonds. The topological polar surface area (TPSA) is 0 Å². The summed E-state index contributed by atoms with van der Waals surface area (Å²) in [5.74, 6) is 0.431. The summed E-state index contributed by atoms with van der Waals surface area (Å²) >= 11 is 0. The zero-order valence-corrected chi connectivity index (χ0v) is 5.72. The van der Waals surface area contributed by atoms with E-state index in [0.717, 1.165) is 12.8 Å². The molecule has 0 aromatic heterocycles. The van der Waals surface area contributed by atoms with Gasteiger partial charge in [-0.1, -0.05) is 24.8 Å². The molecule has 1 radical (unpaired) electrons. The van der Waals surface area contributed by atoms with Crippen molar-refractivity contribution in [3.63, 3.8) is 0 Å². The van der Waals surface area contributed by atoms with Gasteiger partial charge in [0.15, 0.2) is 0 Å². The molecule has 0 bridgehead atoms. The lowest BCUT2D eigenvalue weighted by Crippen LogP contribution is -1.90. The van der Waals surface area contributed by atoms with Crippen molar-refractivity contribution in [3.05, 3.63) is 38.0 Å². The Morgan fingerprint density at radius 1 is 1.22 bits per heavy atom. The molecule has 0 aliphatic heterocycles. The van der Waals surface area contributed by atoms with Gasteiger partial charge in [0.2, 0.25) is 0 Å². The third-order valence-electron chi connectivity index (χ3n) is 1.21. The summed E-state index contributed by atoms with van der Waals surface area (Å²) in [5.41, 5.74) is 0. The van der Waals surface area contributed by atoms with Crippen LogP contribution in [0.3, 0.4) is 0 Å². The van der Waals surface area contributed by atoms with Gasteiger partial charge in [-0.05, 0) is 18.8 Å². The molecule has 9 heavy (non-hydrogen) atoms. The van der Waals surface area contributed by atoms with Crippen LogP contribution in [-0.4, -0.2) is 0 Å². The van der Waals surface area contributed by atoms with Gasteiger partial charge < -0.3 is 0 Å². The fourth-order valence-electron chi connectivity index (χ4n) is 0.682. The first-order valence-corrected chi connectivity index (χ1v) is 3.12. The van der Waals surface area contributed by atoms with E-state index in [1.807, 2.05) is 12.2 Å². The Balaban J connectivity index is 3.51. The minimum atomic E-state index is 0.431. The first kappa shape index (κ1) is 8.22. The summed E-state index contributed by atoms with van der Waals surface area (Å²) in [4.78, 5) is 0. The average Bonchev–Trinajstić information content (AvgIpc) is 1.88. The van der Waals surface area contributed by atoms with E-state index in [0.29, 0.717) is 5.92 Å². The Hall–Kier alpha value is -0.780. The predicted octanol–water partition coefficient (Wildman–Crippen LogP) is 2.74. The van der Waals surface area contributed by atoms with E-state index < -0.39 is 0 Å². The number of rotatable bonds is 5. The first-order valence-electron chi connectivity index (χ1n) is 3.12. The normalized spacial score (nSPS) is 9.00. The van der Waals surface area contributed by atoms with Crippen LogP contribution in [0.4, 0.5) is 0 Å². The predicted molar refractivity (Wildman–Crippen MR) is 42.0 cm³/mol. The quantitative estimate of drug-likeness (QED) is 0.490. The molecule has 0 atom stereocenters. The summed E-state index contributed by atoms with van der Waals surface area (Å²) in [5, 5.41) is 0. The Morgan fingerprint density at radius 2 is 1.67 bits per heavy atom. The van der Waals surface area contributed by atoms with Crippen molar-refractivity contribution in [2.24, 2.45) is 5.92 Å². The van der Waals surface area contributed by atoms with Crippen LogP contribution in [0.2, 0.25) is 0 Å². The number of hydrogen-bond acceptors (Lipinski definition) is 0. The molecule has 0 aromatic carbocycles. The first-order chi connectivity index (χ1) is 4.35. The Morgan fingerprint density at radius 3 is 1.89 bits per heavy atom. The van der Waals surface area contributed by atoms with Crippen molar-refractivity contribution >= 4 is 0 Å². The highest BCUT2D eigenvalue weighted by Crippen LogP contribution is 2.09. The molecule has 0 unspecified atom stereocenters. The highest BCUT2D eigenvalue weighted by atomic mass is 14.0. The Labute approximate surface area is 57.6 Å². The van der Waals surface area contributed by atoms with Crippen LogP contribution in [0.1, 0.15) is 12.8 Å². The minimum Gasteiger partial charge on any atom is -0.103 e. The van der Waals surface area contributed by atoms with Crippen LogP contribution in [0.25, 0.3) is 0 Å². The molecule has 0 heterocycles. The maximum absolute atomic E-state index is 5.32. The van der Waals surface area contributed by atoms with Crippen molar-refractivity contribution in [2.45, 2.75) is 12.8 Å². The van der Waals surface area contributed by atoms with Crippen LogP contribution < -0.4 is 0 Å². The van der Waals surface area contributed by atoms with Crippen molar-refractivity contribution in [1.29, 1.82) is 0 Å². The fraction of sp³-hybridized carbons (Fsp3) is 0.333. The molecule has 0 saturated heterocycles. The molecule has 0 aliphatic carbocycles. The third kappa shape index (κ3) is 3.77. The summed E-state index contributed by atoms with van der Waals surface area (Å²) in [7, 11) is 0. The van der Waals surface area contributed by atoms with Crippen LogP contribution >= 0.6 is 0 Å². The molecular formula is C9H13. The highest BCUT2D eigenvalue weighted by Gasteiger charge is 1.95. The second-order valence-corrected chi connectivity index (χ2v) is 2.00. The fourth-order valence-corrected chi connectivity index (χ4v) is 0.682. The van der Waals surface area contributed by atoms with E-state index in [-0.39, 0.29) is 0 Å². The second-order valence-electron chi connectivity index (χ2n) is 2.00. The van der Waals surface area contributed by atoms with Crippen LogP contribution in [0.5, 0.6) is 0 Å². The van der Waals surface area contributed by atoms with E-state index in [9.17, 15) is 0 Å². The molecule has 0 aromatic rings. The number of allylic oxidation sites excluding steroid dienone is 3. The maximum atomic E-state index is 5.32. The standard InChI is InChI=1S/C9H13/c1-4-7-9(6-3)8-5-2/h3-6,9H,1-2,7-8H2. The zero-order valence-electron chi connectivity index (χ0n) is 5.72. The van der Waals surface area contributed by atoms with E-state index in [1.165, 1.54) is 0 Å². The van der Waals surface area contributed by atoms with Gasteiger partial charge in [-0.3, -0.25) is 0 Å². The minimum absolute atomic E-state index is 0.431. The van der Waals surface area contributed by atoms with E-state index in [4.69, 9.17) is 6.58 Å². The molecule has 0 aliphatic rings. The highest BCUT2D eigenvalue weighted by molar-refractivity contribution is 4.87. The summed E-state index contributed by atoms with van der Waals surface area (Å²) in [6.07, 6.45) is 7.34. The summed E-state index contributed by atoms with van der Waals surface area (Å²) in [6.45, 7) is 12.6. The monoisotopic (exact) mass is 121 g/mol. The summed E-state index contributed by atoms with van der Waals surface area (Å²) in [6, 6.07) is 0. The summed E-state index contributed by atoms with van der Waals surface area (Å²) < 4.78 is 0. The van der Waals surface area contributed by atoms with E-state index in [1.54, 1.807) is 6.08 Å². The molecule has 0 fully saturated rings. The van der Waals surface area contributed by atoms with Gasteiger partial charge in [0.05, 0.1) is 0 Å². The van der Waals surface area contributed by atoms with Gasteiger partial charge in [0.1, 0.15) is 0 Å². The van der Waals surface area contributed by atoms with Gasteiger partial charge >= 0.3 is 0 Å². The van der Waals surface area contributed by atoms with Crippen molar-refractivity contribution in [2.75, 3.05) is 0 Å². The SMILES string of the molecule is [CH]=CC(CC=C)CC=C. The number of hydrogen-bond donors (Lipinski definition) is 0. The van der Waals surface area contributed by atoms with Gasteiger partial charge in [-0.15, -0.1) is 13.2 Å². The molecule has 0 nitrogen and oxygen atoms in total. The lowest BCUT2D eigenvalue weighted by Gasteiger charge is -2.03. The lowest BCUT2D eigenvalue weighted by molar-refractivity contribution is 0.677. The maximum Gasteiger partial charge on any atom is -0.0161 e. The smallest absolute Gasteiger partial charge is 0.0161 e. The average molecular weight is 121 g/mol. The Kier molecular flexibility index (Phi) is 4.89. The van der Waals surface area contributed by atoms with Crippen molar-refractivity contribution in [3.8, 4) is 0 Å². The van der Waals surface area contributed by atoms with Gasteiger partial charge in [0, 0.05) is 0 Å². The van der Waals surface area contributed by atoms with Crippen LogP contribution in [0.15, 0.2) is 31.4 Å². The van der Waals surface area contributed by atoms with Crippen molar-refractivity contribution < 1.29 is 0 Å². The Bertz CT molecular complexity index is 90.6. The third-order valence-corrected chi connectivity index (χ3v) is 1.21. The van der Waals surface area contributed by atoms with Crippen LogP contribution in [0, 0.1) is 12.5 Å². The van der Waals surface area contributed by atoms with Gasteiger partial charge in [-0.2, -0.15) is 0 Å². The molecular weight excluding hydrogens is 108 g/mol.